The Kier molecular flexibility index (Phi) is 5.31. The number of nitrogens with two attached hydrogens (primary N) is 1. The summed E-state index contributed by atoms with van der Waals surface area (Å²) in [5.74, 6) is -0.287. The van der Waals surface area contributed by atoms with E-state index in [4.69, 9.17) is 22.6 Å². The van der Waals surface area contributed by atoms with Crippen molar-refractivity contribution in [1.82, 2.24) is 0 Å². The molecule has 0 saturated heterocycles. The molecule has 0 aliphatic carbocycles. The molecule has 0 heterocycles. The van der Waals surface area contributed by atoms with Crippen molar-refractivity contribution in [3.8, 4) is 6.07 Å². The van der Waals surface area contributed by atoms with E-state index < -0.39 is 0 Å². The van der Waals surface area contributed by atoms with Gasteiger partial charge in [0, 0.05) is 13.0 Å². The van der Waals surface area contributed by atoms with Crippen molar-refractivity contribution in [3.05, 3.63) is 28.8 Å². The van der Waals surface area contributed by atoms with E-state index in [9.17, 15) is 4.79 Å². The Morgan fingerprint density at radius 3 is 2.88 bits per heavy atom. The first-order valence-corrected chi connectivity index (χ1v) is 5.73. The van der Waals surface area contributed by atoms with E-state index >= 15 is 0 Å². The van der Waals surface area contributed by atoms with Gasteiger partial charge in [0.15, 0.2) is 0 Å². The van der Waals surface area contributed by atoms with Crippen LogP contribution in [0.2, 0.25) is 5.02 Å². The number of carbonyl (C=O) groups excluding carboxylic acids is 1. The van der Waals surface area contributed by atoms with Crippen LogP contribution in [0.15, 0.2) is 18.2 Å². The summed E-state index contributed by atoms with van der Waals surface area (Å²) in [4.78, 5) is 10.5. The number of nitrogens with one attached hydrogen (secondary N) is 1. The predicted octanol–water partition coefficient (Wildman–Crippen LogP) is 2.28. The van der Waals surface area contributed by atoms with Crippen molar-refractivity contribution in [1.29, 1.82) is 5.26 Å². The van der Waals surface area contributed by atoms with Crippen LogP contribution in [-0.2, 0) is 4.79 Å². The number of anilines is 1. The molecule has 1 aromatic carbocycles. The number of carbonyl (C=O) groups is 1. The maximum absolute atomic E-state index is 10.5. The highest BCUT2D eigenvalue weighted by molar-refractivity contribution is 6.32. The fourth-order valence-electron chi connectivity index (χ4n) is 1.43. The monoisotopic (exact) mass is 251 g/mol. The minimum absolute atomic E-state index is 0.287. The van der Waals surface area contributed by atoms with Gasteiger partial charge in [0.2, 0.25) is 5.91 Å². The molecule has 0 aliphatic rings. The van der Waals surface area contributed by atoms with Crippen molar-refractivity contribution in [3.63, 3.8) is 0 Å². The number of nitriles is 1. The Morgan fingerprint density at radius 2 is 2.24 bits per heavy atom. The van der Waals surface area contributed by atoms with E-state index in [0.29, 0.717) is 23.6 Å². The molecule has 90 valence electrons. The van der Waals surface area contributed by atoms with E-state index in [1.807, 2.05) is 0 Å². The second kappa shape index (κ2) is 6.77. The summed E-state index contributed by atoms with van der Waals surface area (Å²) in [5, 5.41) is 12.5. The van der Waals surface area contributed by atoms with Gasteiger partial charge in [0.05, 0.1) is 16.3 Å². The number of rotatable bonds is 6. The van der Waals surface area contributed by atoms with Crippen LogP contribution < -0.4 is 11.1 Å². The second-order valence-electron chi connectivity index (χ2n) is 3.62. The first-order chi connectivity index (χ1) is 8.15. The van der Waals surface area contributed by atoms with E-state index in [2.05, 4.69) is 11.4 Å². The third-order valence-electron chi connectivity index (χ3n) is 2.29. The molecular formula is C12H14ClN3O. The molecule has 0 radical (unpaired) electrons. The second-order valence-corrected chi connectivity index (χ2v) is 4.03. The number of amides is 1. The van der Waals surface area contributed by atoms with Gasteiger partial charge in [-0.1, -0.05) is 17.7 Å². The van der Waals surface area contributed by atoms with E-state index in [1.165, 1.54) is 0 Å². The van der Waals surface area contributed by atoms with Gasteiger partial charge in [-0.15, -0.1) is 0 Å². The van der Waals surface area contributed by atoms with Gasteiger partial charge in [-0.05, 0) is 25.0 Å². The molecule has 0 atom stereocenters. The highest BCUT2D eigenvalue weighted by Crippen LogP contribution is 2.23. The largest absolute Gasteiger partial charge is 0.384 e. The zero-order chi connectivity index (χ0) is 12.7. The van der Waals surface area contributed by atoms with E-state index in [-0.39, 0.29) is 5.91 Å². The van der Waals surface area contributed by atoms with Crippen molar-refractivity contribution in [2.45, 2.75) is 19.3 Å². The highest BCUT2D eigenvalue weighted by atomic mass is 35.5. The van der Waals surface area contributed by atoms with Crippen LogP contribution >= 0.6 is 11.6 Å². The molecule has 0 aliphatic heterocycles. The quantitative estimate of drug-likeness (QED) is 0.762. The maximum atomic E-state index is 10.5. The summed E-state index contributed by atoms with van der Waals surface area (Å²) in [6.07, 6.45) is 1.95. The van der Waals surface area contributed by atoms with Gasteiger partial charge in [0.1, 0.15) is 6.07 Å². The number of halogens is 1. The summed E-state index contributed by atoms with van der Waals surface area (Å²) >= 11 is 5.89. The summed E-state index contributed by atoms with van der Waals surface area (Å²) in [7, 11) is 0. The number of hydrogen-bond acceptors (Lipinski definition) is 3. The molecule has 0 unspecified atom stereocenters. The lowest BCUT2D eigenvalue weighted by atomic mass is 10.2. The lowest BCUT2D eigenvalue weighted by Gasteiger charge is -2.08. The Bertz CT molecular complexity index is 440. The van der Waals surface area contributed by atoms with Crippen LogP contribution in [0.4, 0.5) is 5.69 Å². The molecule has 0 bridgehead atoms. The van der Waals surface area contributed by atoms with Gasteiger partial charge < -0.3 is 11.1 Å². The van der Waals surface area contributed by atoms with E-state index in [1.54, 1.807) is 18.2 Å². The van der Waals surface area contributed by atoms with Gasteiger partial charge in [0.25, 0.3) is 0 Å². The summed E-state index contributed by atoms with van der Waals surface area (Å²) < 4.78 is 0. The van der Waals surface area contributed by atoms with Crippen LogP contribution in [0.1, 0.15) is 24.8 Å². The predicted molar refractivity (Wildman–Crippen MR) is 67.7 cm³/mol. The lowest BCUT2D eigenvalue weighted by molar-refractivity contribution is -0.118. The molecule has 0 spiro atoms. The van der Waals surface area contributed by atoms with Crippen molar-refractivity contribution < 1.29 is 4.79 Å². The Morgan fingerprint density at radius 1 is 1.47 bits per heavy atom. The van der Waals surface area contributed by atoms with Crippen LogP contribution in [0.25, 0.3) is 0 Å². The first-order valence-electron chi connectivity index (χ1n) is 5.36. The number of nitrogens with zero attached hydrogens (tertiary/aromatic N) is 1. The SMILES string of the molecule is N#Cc1c(Cl)cccc1NCCCCC(N)=O. The highest BCUT2D eigenvalue weighted by Gasteiger charge is 2.05. The smallest absolute Gasteiger partial charge is 0.217 e. The first kappa shape index (κ1) is 13.3. The summed E-state index contributed by atoms with van der Waals surface area (Å²) in [5.41, 5.74) is 6.20. The lowest BCUT2D eigenvalue weighted by Crippen LogP contribution is -2.11. The third kappa shape index (κ3) is 4.33. The molecule has 1 amide bonds. The maximum Gasteiger partial charge on any atom is 0.217 e. The van der Waals surface area contributed by atoms with Crippen LogP contribution in [-0.4, -0.2) is 12.5 Å². The molecule has 3 N–H and O–H groups in total. The average molecular weight is 252 g/mol. The molecular weight excluding hydrogens is 238 g/mol. The van der Waals surface area contributed by atoms with Gasteiger partial charge in [-0.25, -0.2) is 0 Å². The molecule has 0 aromatic heterocycles. The molecule has 5 heteroatoms. The fraction of sp³-hybridized carbons (Fsp3) is 0.333. The minimum atomic E-state index is -0.287. The van der Waals surface area contributed by atoms with Crippen molar-refractivity contribution >= 4 is 23.2 Å². The zero-order valence-corrected chi connectivity index (χ0v) is 10.1. The minimum Gasteiger partial charge on any atom is -0.384 e. The summed E-state index contributed by atoms with van der Waals surface area (Å²) in [6, 6.07) is 7.32. The number of hydrogen-bond donors (Lipinski definition) is 2. The van der Waals surface area contributed by atoms with Crippen molar-refractivity contribution in [2.24, 2.45) is 5.73 Å². The molecule has 17 heavy (non-hydrogen) atoms. The molecule has 0 fully saturated rings. The molecule has 1 rings (SSSR count). The number of primary amides is 1. The number of unbranched alkanes of at least 4 members (excludes halogenated alkanes) is 1. The van der Waals surface area contributed by atoms with Crippen LogP contribution in [0.3, 0.4) is 0 Å². The van der Waals surface area contributed by atoms with E-state index in [0.717, 1.165) is 18.5 Å². The number of benzene rings is 1. The van der Waals surface area contributed by atoms with Gasteiger partial charge >= 0.3 is 0 Å². The average Bonchev–Trinajstić information content (AvgIpc) is 2.28. The van der Waals surface area contributed by atoms with Crippen molar-refractivity contribution in [2.75, 3.05) is 11.9 Å². The molecule has 1 aromatic rings. The van der Waals surface area contributed by atoms with Crippen LogP contribution in [0, 0.1) is 11.3 Å². The Hall–Kier alpha value is -1.73. The zero-order valence-electron chi connectivity index (χ0n) is 9.37. The normalized spacial score (nSPS) is 9.65. The Labute approximate surface area is 105 Å². The summed E-state index contributed by atoms with van der Waals surface area (Å²) in [6.45, 7) is 0.683. The standard InChI is InChI=1S/C12H14ClN3O/c13-10-4-3-5-11(9(10)8-14)16-7-2-1-6-12(15)17/h3-5,16H,1-2,6-7H2,(H2,15,17). The fourth-order valence-corrected chi connectivity index (χ4v) is 1.65. The molecule has 0 saturated carbocycles. The van der Waals surface area contributed by atoms with Gasteiger partial charge in [-0.2, -0.15) is 5.26 Å². The molecule has 4 nitrogen and oxygen atoms in total. The van der Waals surface area contributed by atoms with Gasteiger partial charge in [-0.3, -0.25) is 4.79 Å². The van der Waals surface area contributed by atoms with Crippen LogP contribution in [0.5, 0.6) is 0 Å². The Balaban J connectivity index is 2.45. The topological polar surface area (TPSA) is 78.9 Å². The third-order valence-corrected chi connectivity index (χ3v) is 2.61.